The largest absolute Gasteiger partial charge is 0.480 e. The summed E-state index contributed by atoms with van der Waals surface area (Å²) in [5.41, 5.74) is 0. The van der Waals surface area contributed by atoms with Crippen LogP contribution in [0.3, 0.4) is 0 Å². The van der Waals surface area contributed by atoms with E-state index >= 15 is 0 Å². The van der Waals surface area contributed by atoms with Gasteiger partial charge in [-0.1, -0.05) is 0 Å². The Hall–Kier alpha value is -0.490. The van der Waals surface area contributed by atoms with Crippen LogP contribution in [0, 0.1) is 0 Å². The molecule has 90 valence electrons. The highest BCUT2D eigenvalue weighted by Gasteiger charge is 2.34. The van der Waals surface area contributed by atoms with Crippen LogP contribution >= 0.6 is 12.4 Å². The van der Waals surface area contributed by atoms with Crippen LogP contribution in [0.2, 0.25) is 0 Å². The first kappa shape index (κ1) is 14.5. The molecule has 1 atom stereocenters. The molecule has 1 fully saturated rings. The molecule has 1 aliphatic heterocycles. The first-order valence-electron chi connectivity index (χ1n) is 4.44. The molecule has 1 saturated heterocycles. The van der Waals surface area contributed by atoms with Gasteiger partial charge in [0.1, 0.15) is 6.04 Å². The number of hydrogen-bond donors (Lipinski definition) is 1. The first-order chi connectivity index (χ1) is 6.40. The second kappa shape index (κ2) is 5.55. The molecule has 1 heterocycles. The van der Waals surface area contributed by atoms with E-state index in [0.29, 0.717) is 19.4 Å². The lowest BCUT2D eigenvalue weighted by molar-refractivity contribution is -0.148. The smallest absolute Gasteiger partial charge is 0.390 e. The van der Waals surface area contributed by atoms with Crippen molar-refractivity contribution in [1.82, 2.24) is 4.90 Å². The SMILES string of the molecule is Cl.O=C(O)[C@@H]1CCCN1CCC(F)(F)F. The van der Waals surface area contributed by atoms with E-state index in [2.05, 4.69) is 0 Å². The lowest BCUT2D eigenvalue weighted by atomic mass is 10.2. The van der Waals surface area contributed by atoms with Crippen LogP contribution in [0.5, 0.6) is 0 Å². The Morgan fingerprint density at radius 2 is 2.07 bits per heavy atom. The van der Waals surface area contributed by atoms with E-state index in [1.807, 2.05) is 0 Å². The van der Waals surface area contributed by atoms with E-state index in [9.17, 15) is 18.0 Å². The minimum atomic E-state index is -4.20. The number of hydrogen-bond acceptors (Lipinski definition) is 2. The Kier molecular flexibility index (Phi) is 5.37. The van der Waals surface area contributed by atoms with Crippen molar-refractivity contribution in [2.24, 2.45) is 0 Å². The third-order valence-electron chi connectivity index (χ3n) is 2.33. The number of aliphatic carboxylic acids is 1. The highest BCUT2D eigenvalue weighted by Crippen LogP contribution is 2.23. The minimum Gasteiger partial charge on any atom is -0.480 e. The van der Waals surface area contributed by atoms with E-state index in [1.54, 1.807) is 0 Å². The van der Waals surface area contributed by atoms with Gasteiger partial charge in [-0.15, -0.1) is 12.4 Å². The molecule has 15 heavy (non-hydrogen) atoms. The van der Waals surface area contributed by atoms with Crippen LogP contribution in [0.1, 0.15) is 19.3 Å². The summed E-state index contributed by atoms with van der Waals surface area (Å²) in [6.45, 7) is 0.244. The van der Waals surface area contributed by atoms with Gasteiger partial charge in [0, 0.05) is 6.54 Å². The number of halogens is 4. The maximum absolute atomic E-state index is 11.9. The molecule has 0 unspecified atom stereocenters. The summed E-state index contributed by atoms with van der Waals surface area (Å²) < 4.78 is 35.6. The zero-order chi connectivity index (χ0) is 10.8. The van der Waals surface area contributed by atoms with E-state index in [1.165, 1.54) is 4.90 Å². The highest BCUT2D eigenvalue weighted by atomic mass is 35.5. The van der Waals surface area contributed by atoms with Crippen LogP contribution in [0.15, 0.2) is 0 Å². The molecule has 1 N–H and O–H groups in total. The summed E-state index contributed by atoms with van der Waals surface area (Å²) in [6.07, 6.45) is -4.02. The summed E-state index contributed by atoms with van der Waals surface area (Å²) in [7, 11) is 0. The maximum atomic E-state index is 11.9. The van der Waals surface area contributed by atoms with Crippen LogP contribution in [-0.4, -0.2) is 41.3 Å². The Bertz CT molecular complexity index is 222. The Labute approximate surface area is 91.7 Å². The van der Waals surface area contributed by atoms with Crippen molar-refractivity contribution >= 4 is 18.4 Å². The molecule has 3 nitrogen and oxygen atoms in total. The summed E-state index contributed by atoms with van der Waals surface area (Å²) in [5.74, 6) is -1.02. The summed E-state index contributed by atoms with van der Waals surface area (Å²) >= 11 is 0. The molecule has 0 radical (unpaired) electrons. The van der Waals surface area contributed by atoms with Gasteiger partial charge in [-0.3, -0.25) is 9.69 Å². The molecule has 0 bridgehead atoms. The Morgan fingerprint density at radius 1 is 1.47 bits per heavy atom. The first-order valence-corrected chi connectivity index (χ1v) is 4.44. The number of carboxylic acids is 1. The van der Waals surface area contributed by atoms with Crippen molar-refractivity contribution in [3.63, 3.8) is 0 Å². The fraction of sp³-hybridized carbons (Fsp3) is 0.875. The standard InChI is InChI=1S/C8H12F3NO2.ClH/c9-8(10,11)3-5-12-4-1-2-6(12)7(13)14;/h6H,1-5H2,(H,13,14);1H/t6-;/m0./s1. The zero-order valence-corrected chi connectivity index (χ0v) is 8.77. The molecular weight excluding hydrogens is 235 g/mol. The van der Waals surface area contributed by atoms with E-state index in [4.69, 9.17) is 5.11 Å². The minimum absolute atomic E-state index is 0. The molecule has 0 spiro atoms. The molecule has 0 aromatic heterocycles. The quantitative estimate of drug-likeness (QED) is 0.828. The van der Waals surface area contributed by atoms with Crippen molar-refractivity contribution in [2.75, 3.05) is 13.1 Å². The zero-order valence-electron chi connectivity index (χ0n) is 7.96. The van der Waals surface area contributed by atoms with E-state index in [0.717, 1.165) is 0 Å². The topological polar surface area (TPSA) is 40.5 Å². The second-order valence-corrected chi connectivity index (χ2v) is 3.40. The van der Waals surface area contributed by atoms with Gasteiger partial charge in [-0.05, 0) is 19.4 Å². The molecule has 0 aromatic rings. The molecular formula is C8H13ClF3NO2. The van der Waals surface area contributed by atoms with Gasteiger partial charge in [-0.2, -0.15) is 13.2 Å². The van der Waals surface area contributed by atoms with Crippen molar-refractivity contribution in [3.8, 4) is 0 Å². The van der Waals surface area contributed by atoms with Gasteiger partial charge in [0.2, 0.25) is 0 Å². The van der Waals surface area contributed by atoms with Crippen LogP contribution in [-0.2, 0) is 4.79 Å². The number of carbonyl (C=O) groups is 1. The van der Waals surface area contributed by atoms with Gasteiger partial charge in [0.05, 0.1) is 6.42 Å². The van der Waals surface area contributed by atoms with Crippen molar-refractivity contribution in [1.29, 1.82) is 0 Å². The highest BCUT2D eigenvalue weighted by molar-refractivity contribution is 5.85. The molecule has 1 aliphatic rings. The predicted molar refractivity (Wildman–Crippen MR) is 50.2 cm³/mol. The fourth-order valence-electron chi connectivity index (χ4n) is 1.64. The van der Waals surface area contributed by atoms with Gasteiger partial charge >= 0.3 is 12.1 Å². The summed E-state index contributed by atoms with van der Waals surface area (Å²) in [4.78, 5) is 12.0. The molecule has 7 heteroatoms. The van der Waals surface area contributed by atoms with Crippen LogP contribution in [0.4, 0.5) is 13.2 Å². The third-order valence-corrected chi connectivity index (χ3v) is 2.33. The van der Waals surface area contributed by atoms with E-state index in [-0.39, 0.29) is 19.0 Å². The monoisotopic (exact) mass is 247 g/mol. The van der Waals surface area contributed by atoms with Crippen LogP contribution < -0.4 is 0 Å². The number of carboxylic acid groups (broad SMARTS) is 1. The van der Waals surface area contributed by atoms with Gasteiger partial charge in [-0.25, -0.2) is 0 Å². The molecule has 0 aromatic carbocycles. The van der Waals surface area contributed by atoms with Gasteiger partial charge < -0.3 is 5.11 Å². The Morgan fingerprint density at radius 3 is 2.53 bits per heavy atom. The average Bonchev–Trinajstić information content (AvgIpc) is 2.46. The van der Waals surface area contributed by atoms with E-state index < -0.39 is 24.6 Å². The average molecular weight is 248 g/mol. The van der Waals surface area contributed by atoms with Crippen molar-refractivity contribution in [2.45, 2.75) is 31.5 Å². The fourth-order valence-corrected chi connectivity index (χ4v) is 1.64. The summed E-state index contributed by atoms with van der Waals surface area (Å²) in [5, 5.41) is 8.69. The van der Waals surface area contributed by atoms with Crippen LogP contribution in [0.25, 0.3) is 0 Å². The van der Waals surface area contributed by atoms with Crippen molar-refractivity contribution in [3.05, 3.63) is 0 Å². The lowest BCUT2D eigenvalue weighted by Gasteiger charge is -2.21. The normalized spacial score (nSPS) is 22.5. The Balaban J connectivity index is 0.00000196. The third kappa shape index (κ3) is 4.70. The molecule has 1 rings (SSSR count). The molecule has 0 amide bonds. The second-order valence-electron chi connectivity index (χ2n) is 3.40. The summed E-state index contributed by atoms with van der Waals surface area (Å²) in [6, 6.07) is -0.725. The van der Waals surface area contributed by atoms with Gasteiger partial charge in [0.25, 0.3) is 0 Å². The number of alkyl halides is 3. The predicted octanol–water partition coefficient (Wildman–Crippen LogP) is 1.91. The maximum Gasteiger partial charge on any atom is 0.390 e. The molecule has 0 saturated carbocycles. The number of likely N-dealkylation sites (tertiary alicyclic amines) is 1. The number of rotatable bonds is 3. The van der Waals surface area contributed by atoms with Crippen molar-refractivity contribution < 1.29 is 23.1 Å². The van der Waals surface area contributed by atoms with Gasteiger partial charge in [0.15, 0.2) is 0 Å². The molecule has 0 aliphatic carbocycles. The lowest BCUT2D eigenvalue weighted by Crippen LogP contribution is -2.37. The number of nitrogens with zero attached hydrogens (tertiary/aromatic N) is 1.